The Balaban J connectivity index is 2.90. The third-order valence-electron chi connectivity index (χ3n) is 3.12. The van der Waals surface area contributed by atoms with Gasteiger partial charge in [-0.1, -0.05) is 24.8 Å². The number of hydrogen-bond acceptors (Lipinski definition) is 3. The zero-order valence-electron chi connectivity index (χ0n) is 12.2. The molecule has 20 heavy (non-hydrogen) atoms. The first-order chi connectivity index (χ1) is 9.63. The van der Waals surface area contributed by atoms with Crippen LogP contribution in [0.5, 0.6) is 0 Å². The van der Waals surface area contributed by atoms with Crippen molar-refractivity contribution >= 4 is 17.7 Å². The summed E-state index contributed by atoms with van der Waals surface area (Å²) < 4.78 is 0. The minimum Gasteiger partial charge on any atom is -0.384 e. The van der Waals surface area contributed by atoms with Crippen LogP contribution < -0.4 is 0 Å². The number of amides is 1. The van der Waals surface area contributed by atoms with E-state index in [1.807, 2.05) is 25.4 Å². The quantitative estimate of drug-likeness (QED) is 0.846. The van der Waals surface area contributed by atoms with E-state index in [0.29, 0.717) is 5.56 Å². The van der Waals surface area contributed by atoms with E-state index in [4.69, 9.17) is 5.11 Å². The summed E-state index contributed by atoms with van der Waals surface area (Å²) in [6.07, 6.45) is 2.99. The van der Waals surface area contributed by atoms with Crippen molar-refractivity contribution in [3.8, 4) is 11.8 Å². The van der Waals surface area contributed by atoms with Crippen LogP contribution in [0.4, 0.5) is 0 Å². The molecule has 3 nitrogen and oxygen atoms in total. The second-order valence-electron chi connectivity index (χ2n) is 4.47. The molecule has 1 aromatic rings. The highest BCUT2D eigenvalue weighted by Crippen LogP contribution is 2.13. The number of aliphatic hydroxyl groups is 1. The van der Waals surface area contributed by atoms with Crippen LogP contribution >= 0.6 is 11.8 Å². The Kier molecular flexibility index (Phi) is 7.21. The van der Waals surface area contributed by atoms with Gasteiger partial charge in [-0.3, -0.25) is 4.79 Å². The summed E-state index contributed by atoms with van der Waals surface area (Å²) in [4.78, 5) is 14.3. The van der Waals surface area contributed by atoms with Crippen molar-refractivity contribution in [2.45, 2.75) is 19.4 Å². The van der Waals surface area contributed by atoms with Crippen molar-refractivity contribution < 1.29 is 9.90 Å². The molecule has 4 heteroatoms. The van der Waals surface area contributed by atoms with Gasteiger partial charge in [-0.05, 0) is 30.9 Å². The lowest BCUT2D eigenvalue weighted by Crippen LogP contribution is -2.38. The third kappa shape index (κ3) is 4.59. The fourth-order valence-electron chi connectivity index (χ4n) is 1.94. The highest BCUT2D eigenvalue weighted by atomic mass is 32.2. The van der Waals surface area contributed by atoms with Gasteiger partial charge in [0.15, 0.2) is 0 Å². The predicted octanol–water partition coefficient (Wildman–Crippen LogP) is 2.24. The standard InChI is InChI=1S/C16H21NO2S/c1-4-15(12-20-3)17(2)16(19)14-9-5-7-13(11-14)8-6-10-18/h5,7,9,11,15,18H,4,10,12H2,1-3H3. The summed E-state index contributed by atoms with van der Waals surface area (Å²) in [6, 6.07) is 7.46. The molecule has 0 aliphatic rings. The summed E-state index contributed by atoms with van der Waals surface area (Å²) in [6.45, 7) is 1.91. The second-order valence-corrected chi connectivity index (χ2v) is 5.38. The van der Waals surface area contributed by atoms with E-state index in [1.54, 1.807) is 28.8 Å². The summed E-state index contributed by atoms with van der Waals surface area (Å²) in [5.74, 6) is 6.36. The number of nitrogens with zero attached hydrogens (tertiary/aromatic N) is 1. The smallest absolute Gasteiger partial charge is 0.253 e. The van der Waals surface area contributed by atoms with Gasteiger partial charge in [0.1, 0.15) is 6.61 Å². The van der Waals surface area contributed by atoms with Gasteiger partial charge in [-0.25, -0.2) is 0 Å². The molecule has 0 aliphatic heterocycles. The van der Waals surface area contributed by atoms with Gasteiger partial charge < -0.3 is 10.0 Å². The molecule has 1 unspecified atom stereocenters. The Morgan fingerprint density at radius 2 is 2.25 bits per heavy atom. The fourth-order valence-corrected chi connectivity index (χ4v) is 2.78. The minimum atomic E-state index is -0.177. The molecule has 0 aliphatic carbocycles. The Labute approximate surface area is 125 Å². The maximum absolute atomic E-state index is 12.5. The molecular weight excluding hydrogens is 270 g/mol. The van der Waals surface area contributed by atoms with E-state index in [1.165, 1.54) is 0 Å². The fraction of sp³-hybridized carbons (Fsp3) is 0.438. The third-order valence-corrected chi connectivity index (χ3v) is 3.84. The van der Waals surface area contributed by atoms with E-state index >= 15 is 0 Å². The molecule has 1 aromatic carbocycles. The summed E-state index contributed by atoms with van der Waals surface area (Å²) >= 11 is 1.75. The molecule has 0 spiro atoms. The number of hydrogen-bond donors (Lipinski definition) is 1. The number of rotatable bonds is 5. The zero-order valence-corrected chi connectivity index (χ0v) is 13.0. The van der Waals surface area contributed by atoms with Crippen LogP contribution in [0.25, 0.3) is 0 Å². The number of carbonyl (C=O) groups is 1. The van der Waals surface area contributed by atoms with Gasteiger partial charge in [0, 0.05) is 30.0 Å². The molecule has 0 saturated carbocycles. The summed E-state index contributed by atoms with van der Waals surface area (Å²) in [5, 5.41) is 8.71. The molecule has 0 bridgehead atoms. The summed E-state index contributed by atoms with van der Waals surface area (Å²) in [5.41, 5.74) is 1.38. The molecule has 1 rings (SSSR count). The van der Waals surface area contributed by atoms with Crippen LogP contribution in [-0.4, -0.2) is 47.6 Å². The average Bonchev–Trinajstić information content (AvgIpc) is 2.49. The van der Waals surface area contributed by atoms with Crippen molar-refractivity contribution in [3.63, 3.8) is 0 Å². The largest absolute Gasteiger partial charge is 0.384 e. The molecule has 0 fully saturated rings. The van der Waals surface area contributed by atoms with Crippen LogP contribution in [0.1, 0.15) is 29.3 Å². The lowest BCUT2D eigenvalue weighted by atomic mass is 10.1. The van der Waals surface area contributed by atoms with Crippen LogP contribution in [0.15, 0.2) is 24.3 Å². The second kappa shape index (κ2) is 8.68. The normalized spacial score (nSPS) is 11.4. The highest BCUT2D eigenvalue weighted by Gasteiger charge is 2.19. The topological polar surface area (TPSA) is 40.5 Å². The molecule has 108 valence electrons. The Morgan fingerprint density at radius 1 is 1.50 bits per heavy atom. The van der Waals surface area contributed by atoms with Crippen LogP contribution in [0.3, 0.4) is 0 Å². The maximum Gasteiger partial charge on any atom is 0.253 e. The Hall–Kier alpha value is -1.44. The van der Waals surface area contributed by atoms with E-state index in [-0.39, 0.29) is 18.6 Å². The van der Waals surface area contributed by atoms with Gasteiger partial charge >= 0.3 is 0 Å². The number of carbonyl (C=O) groups excluding carboxylic acids is 1. The SMILES string of the molecule is CCC(CSC)N(C)C(=O)c1cccc(C#CCO)c1. The first-order valence-electron chi connectivity index (χ1n) is 6.59. The summed E-state index contributed by atoms with van der Waals surface area (Å²) in [7, 11) is 1.85. The van der Waals surface area contributed by atoms with Crippen molar-refractivity contribution in [1.82, 2.24) is 4.90 Å². The molecule has 1 N–H and O–H groups in total. The molecule has 0 heterocycles. The molecule has 0 aromatic heterocycles. The van der Waals surface area contributed by atoms with Crippen molar-refractivity contribution in [2.24, 2.45) is 0 Å². The molecule has 0 radical (unpaired) electrons. The molecular formula is C16H21NO2S. The lowest BCUT2D eigenvalue weighted by Gasteiger charge is -2.26. The minimum absolute atomic E-state index is 0.0125. The van der Waals surface area contributed by atoms with Crippen LogP contribution in [0.2, 0.25) is 0 Å². The van der Waals surface area contributed by atoms with E-state index in [2.05, 4.69) is 18.8 Å². The van der Waals surface area contributed by atoms with Gasteiger partial charge in [0.2, 0.25) is 0 Å². The van der Waals surface area contributed by atoms with Crippen LogP contribution in [0, 0.1) is 11.8 Å². The first-order valence-corrected chi connectivity index (χ1v) is 7.99. The average molecular weight is 291 g/mol. The van der Waals surface area contributed by atoms with Gasteiger partial charge in [-0.2, -0.15) is 11.8 Å². The van der Waals surface area contributed by atoms with E-state index in [9.17, 15) is 4.79 Å². The zero-order chi connectivity index (χ0) is 15.0. The van der Waals surface area contributed by atoms with E-state index < -0.39 is 0 Å². The lowest BCUT2D eigenvalue weighted by molar-refractivity contribution is 0.0743. The monoisotopic (exact) mass is 291 g/mol. The predicted molar refractivity (Wildman–Crippen MR) is 85.0 cm³/mol. The highest BCUT2D eigenvalue weighted by molar-refractivity contribution is 7.98. The molecule has 0 saturated heterocycles. The van der Waals surface area contributed by atoms with Crippen LogP contribution in [-0.2, 0) is 0 Å². The molecule has 1 atom stereocenters. The van der Waals surface area contributed by atoms with E-state index in [0.717, 1.165) is 17.7 Å². The number of benzene rings is 1. The van der Waals surface area contributed by atoms with Gasteiger partial charge in [-0.15, -0.1) is 0 Å². The van der Waals surface area contributed by atoms with Crippen molar-refractivity contribution in [2.75, 3.05) is 25.7 Å². The number of thioether (sulfide) groups is 1. The van der Waals surface area contributed by atoms with Crippen molar-refractivity contribution in [1.29, 1.82) is 0 Å². The number of aliphatic hydroxyl groups excluding tert-OH is 1. The Morgan fingerprint density at radius 3 is 2.85 bits per heavy atom. The maximum atomic E-state index is 12.5. The molecule has 1 amide bonds. The Bertz CT molecular complexity index is 505. The first kappa shape index (κ1) is 16.6. The van der Waals surface area contributed by atoms with Crippen molar-refractivity contribution in [3.05, 3.63) is 35.4 Å². The van der Waals surface area contributed by atoms with Gasteiger partial charge in [0.05, 0.1) is 0 Å². The van der Waals surface area contributed by atoms with Gasteiger partial charge in [0.25, 0.3) is 5.91 Å².